The van der Waals surface area contributed by atoms with E-state index < -0.39 is 0 Å². The molecule has 0 amide bonds. The standard InChI is InChI=1S/C13H17NO2/c1-9(8-15)12-6-10-4-5-11(16-3)7-13(10)14(12)2/h4-7,9,15H,8H2,1-3H3. The minimum Gasteiger partial charge on any atom is -0.497 e. The zero-order valence-electron chi connectivity index (χ0n) is 9.90. The Bertz CT molecular complexity index is 502. The van der Waals surface area contributed by atoms with Crippen LogP contribution in [0.1, 0.15) is 18.5 Å². The second kappa shape index (κ2) is 4.18. The summed E-state index contributed by atoms with van der Waals surface area (Å²) in [7, 11) is 3.69. The third-order valence-corrected chi connectivity index (χ3v) is 3.07. The predicted octanol–water partition coefficient (Wildman–Crippen LogP) is 2.28. The van der Waals surface area contributed by atoms with Crippen LogP contribution in [0.4, 0.5) is 0 Å². The molecule has 1 heterocycles. The summed E-state index contributed by atoms with van der Waals surface area (Å²) < 4.78 is 7.32. The summed E-state index contributed by atoms with van der Waals surface area (Å²) in [6.45, 7) is 2.19. The highest BCUT2D eigenvalue weighted by atomic mass is 16.5. The monoisotopic (exact) mass is 219 g/mol. The van der Waals surface area contributed by atoms with E-state index in [9.17, 15) is 5.11 Å². The quantitative estimate of drug-likeness (QED) is 0.859. The van der Waals surface area contributed by atoms with Crippen LogP contribution in [-0.2, 0) is 7.05 Å². The number of aromatic nitrogens is 1. The molecular weight excluding hydrogens is 202 g/mol. The molecule has 0 spiro atoms. The van der Waals surface area contributed by atoms with Crippen molar-refractivity contribution in [2.45, 2.75) is 12.8 Å². The summed E-state index contributed by atoms with van der Waals surface area (Å²) in [6, 6.07) is 8.13. The lowest BCUT2D eigenvalue weighted by atomic mass is 10.1. The molecule has 2 aromatic rings. The van der Waals surface area contributed by atoms with E-state index in [1.54, 1.807) is 7.11 Å². The number of hydrogen-bond acceptors (Lipinski definition) is 2. The third-order valence-electron chi connectivity index (χ3n) is 3.07. The Morgan fingerprint density at radius 1 is 1.38 bits per heavy atom. The van der Waals surface area contributed by atoms with E-state index in [0.29, 0.717) is 0 Å². The van der Waals surface area contributed by atoms with Crippen molar-refractivity contribution in [1.82, 2.24) is 4.57 Å². The zero-order chi connectivity index (χ0) is 11.7. The average molecular weight is 219 g/mol. The van der Waals surface area contributed by atoms with E-state index in [1.165, 1.54) is 5.39 Å². The lowest BCUT2D eigenvalue weighted by Gasteiger charge is -2.09. The molecule has 0 bridgehead atoms. The Labute approximate surface area is 95.3 Å². The number of benzene rings is 1. The number of fused-ring (bicyclic) bond motifs is 1. The van der Waals surface area contributed by atoms with Gasteiger partial charge in [0, 0.05) is 30.1 Å². The Morgan fingerprint density at radius 2 is 2.12 bits per heavy atom. The number of nitrogens with zero attached hydrogens (tertiary/aromatic N) is 1. The Morgan fingerprint density at radius 3 is 2.75 bits per heavy atom. The van der Waals surface area contributed by atoms with Gasteiger partial charge in [-0.15, -0.1) is 0 Å². The second-order valence-corrected chi connectivity index (χ2v) is 4.14. The van der Waals surface area contributed by atoms with Crippen molar-refractivity contribution < 1.29 is 9.84 Å². The molecule has 0 saturated carbocycles. The molecule has 0 fully saturated rings. The van der Waals surface area contributed by atoms with Gasteiger partial charge in [-0.3, -0.25) is 0 Å². The number of methoxy groups -OCH3 is 1. The molecule has 1 aromatic carbocycles. The topological polar surface area (TPSA) is 34.4 Å². The van der Waals surface area contributed by atoms with Crippen LogP contribution in [0.15, 0.2) is 24.3 Å². The normalized spacial score (nSPS) is 13.0. The number of aliphatic hydroxyl groups excluding tert-OH is 1. The Kier molecular flexibility index (Phi) is 2.88. The fourth-order valence-corrected chi connectivity index (χ4v) is 2.02. The average Bonchev–Trinajstić information content (AvgIpc) is 2.65. The van der Waals surface area contributed by atoms with Gasteiger partial charge in [-0.1, -0.05) is 6.92 Å². The summed E-state index contributed by atoms with van der Waals surface area (Å²) in [5.74, 6) is 1.01. The minimum absolute atomic E-state index is 0.156. The highest BCUT2D eigenvalue weighted by molar-refractivity contribution is 5.82. The molecule has 86 valence electrons. The van der Waals surface area contributed by atoms with E-state index in [4.69, 9.17) is 4.74 Å². The molecule has 1 aromatic heterocycles. The van der Waals surface area contributed by atoms with Crippen molar-refractivity contribution >= 4 is 10.9 Å². The molecule has 0 aliphatic rings. The number of hydrogen-bond donors (Lipinski definition) is 1. The van der Waals surface area contributed by atoms with Gasteiger partial charge in [-0.25, -0.2) is 0 Å². The fraction of sp³-hybridized carbons (Fsp3) is 0.385. The smallest absolute Gasteiger partial charge is 0.120 e. The largest absolute Gasteiger partial charge is 0.497 e. The maximum atomic E-state index is 9.20. The van der Waals surface area contributed by atoms with Crippen molar-refractivity contribution in [3.05, 3.63) is 30.0 Å². The van der Waals surface area contributed by atoms with E-state index in [2.05, 4.69) is 10.6 Å². The van der Waals surface area contributed by atoms with Crippen LogP contribution >= 0.6 is 0 Å². The van der Waals surface area contributed by atoms with Gasteiger partial charge in [0.15, 0.2) is 0 Å². The van der Waals surface area contributed by atoms with Crippen LogP contribution < -0.4 is 4.74 Å². The molecule has 1 atom stereocenters. The molecule has 1 N–H and O–H groups in total. The van der Waals surface area contributed by atoms with Crippen LogP contribution in [-0.4, -0.2) is 23.4 Å². The van der Waals surface area contributed by atoms with Gasteiger partial charge in [-0.05, 0) is 18.2 Å². The van der Waals surface area contributed by atoms with Gasteiger partial charge in [-0.2, -0.15) is 0 Å². The highest BCUT2D eigenvalue weighted by Gasteiger charge is 2.11. The first-order chi connectivity index (χ1) is 7.67. The summed E-state index contributed by atoms with van der Waals surface area (Å²) in [6.07, 6.45) is 0. The molecule has 2 rings (SSSR count). The second-order valence-electron chi connectivity index (χ2n) is 4.14. The number of aliphatic hydroxyl groups is 1. The molecule has 3 nitrogen and oxygen atoms in total. The SMILES string of the molecule is COc1ccc2cc(C(C)CO)n(C)c2c1. The first kappa shape index (κ1) is 11.0. The van der Waals surface area contributed by atoms with Crippen molar-refractivity contribution in [1.29, 1.82) is 0 Å². The highest BCUT2D eigenvalue weighted by Crippen LogP contribution is 2.27. The number of ether oxygens (including phenoxy) is 1. The van der Waals surface area contributed by atoms with Crippen molar-refractivity contribution in [2.24, 2.45) is 7.05 Å². The van der Waals surface area contributed by atoms with Gasteiger partial charge < -0.3 is 14.4 Å². The molecular formula is C13H17NO2. The van der Waals surface area contributed by atoms with E-state index in [1.807, 2.05) is 32.2 Å². The maximum absolute atomic E-state index is 9.20. The molecule has 1 unspecified atom stereocenters. The number of rotatable bonds is 3. The summed E-state index contributed by atoms with van der Waals surface area (Å²) in [5.41, 5.74) is 2.28. The van der Waals surface area contributed by atoms with E-state index in [-0.39, 0.29) is 12.5 Å². The van der Waals surface area contributed by atoms with Crippen LogP contribution in [0.5, 0.6) is 5.75 Å². The van der Waals surface area contributed by atoms with Crippen molar-refractivity contribution in [3.8, 4) is 5.75 Å². The van der Waals surface area contributed by atoms with Crippen LogP contribution in [0.3, 0.4) is 0 Å². The van der Waals surface area contributed by atoms with Gasteiger partial charge in [0.25, 0.3) is 0 Å². The lowest BCUT2D eigenvalue weighted by molar-refractivity contribution is 0.269. The van der Waals surface area contributed by atoms with Crippen molar-refractivity contribution in [2.75, 3.05) is 13.7 Å². The first-order valence-electron chi connectivity index (χ1n) is 5.41. The van der Waals surface area contributed by atoms with Gasteiger partial charge in [0.2, 0.25) is 0 Å². The van der Waals surface area contributed by atoms with Gasteiger partial charge in [0.05, 0.1) is 19.2 Å². The van der Waals surface area contributed by atoms with Gasteiger partial charge >= 0.3 is 0 Å². The molecule has 0 aliphatic heterocycles. The van der Waals surface area contributed by atoms with E-state index >= 15 is 0 Å². The summed E-state index contributed by atoms with van der Waals surface area (Å²) in [4.78, 5) is 0. The molecule has 0 aliphatic carbocycles. The minimum atomic E-state index is 0.156. The fourth-order valence-electron chi connectivity index (χ4n) is 2.02. The van der Waals surface area contributed by atoms with Crippen LogP contribution in [0.25, 0.3) is 10.9 Å². The lowest BCUT2D eigenvalue weighted by Crippen LogP contribution is -2.04. The molecule has 16 heavy (non-hydrogen) atoms. The molecule has 0 saturated heterocycles. The number of aryl methyl sites for hydroxylation is 1. The third kappa shape index (κ3) is 1.67. The van der Waals surface area contributed by atoms with Crippen LogP contribution in [0.2, 0.25) is 0 Å². The zero-order valence-corrected chi connectivity index (χ0v) is 9.90. The maximum Gasteiger partial charge on any atom is 0.120 e. The predicted molar refractivity (Wildman–Crippen MR) is 65.0 cm³/mol. The van der Waals surface area contributed by atoms with Crippen molar-refractivity contribution in [3.63, 3.8) is 0 Å². The molecule has 0 radical (unpaired) electrons. The van der Waals surface area contributed by atoms with Crippen LogP contribution in [0, 0.1) is 0 Å². The summed E-state index contributed by atoms with van der Waals surface area (Å²) >= 11 is 0. The van der Waals surface area contributed by atoms with Gasteiger partial charge in [0.1, 0.15) is 5.75 Å². The van der Waals surface area contributed by atoms with E-state index in [0.717, 1.165) is 17.0 Å². The first-order valence-corrected chi connectivity index (χ1v) is 5.41. The summed E-state index contributed by atoms with van der Waals surface area (Å²) in [5, 5.41) is 10.4. The Balaban J connectivity index is 2.59. The molecule has 3 heteroatoms. The Hall–Kier alpha value is -1.48.